The number of aryl methyl sites for hydroxylation is 1. The minimum atomic E-state index is -3.83. The van der Waals surface area contributed by atoms with Gasteiger partial charge in [-0.15, -0.1) is 0 Å². The second-order valence-corrected chi connectivity index (χ2v) is 8.80. The van der Waals surface area contributed by atoms with Gasteiger partial charge in [0.05, 0.1) is 4.90 Å². The minimum absolute atomic E-state index is 0.105. The van der Waals surface area contributed by atoms with Crippen LogP contribution in [0.15, 0.2) is 82.1 Å². The fourth-order valence-electron chi connectivity index (χ4n) is 3.18. The smallest absolute Gasteiger partial charge is 0.286 e. The van der Waals surface area contributed by atoms with E-state index in [1.807, 2.05) is 6.92 Å². The van der Waals surface area contributed by atoms with Crippen LogP contribution in [0.2, 0.25) is 0 Å². The zero-order valence-electron chi connectivity index (χ0n) is 17.0. The SMILES string of the molecule is Cc1ccc(S(=O)(=O)Nc2cccc(C(=O)Nc3c(C(N)=O)oc4ccccc34)c2)cc1. The molecular formula is C23H19N3O5S. The number of hydrogen-bond acceptors (Lipinski definition) is 5. The monoisotopic (exact) mass is 449 g/mol. The van der Waals surface area contributed by atoms with Crippen molar-refractivity contribution in [3.8, 4) is 0 Å². The molecule has 8 nitrogen and oxygen atoms in total. The van der Waals surface area contributed by atoms with Crippen LogP contribution < -0.4 is 15.8 Å². The Morgan fingerprint density at radius 3 is 2.38 bits per heavy atom. The number of anilines is 2. The number of fused-ring (bicyclic) bond motifs is 1. The number of para-hydroxylation sites is 1. The molecule has 32 heavy (non-hydrogen) atoms. The summed E-state index contributed by atoms with van der Waals surface area (Å²) >= 11 is 0. The van der Waals surface area contributed by atoms with E-state index < -0.39 is 21.8 Å². The van der Waals surface area contributed by atoms with Gasteiger partial charge in [-0.2, -0.15) is 0 Å². The van der Waals surface area contributed by atoms with Crippen LogP contribution in [0, 0.1) is 6.92 Å². The number of carbonyl (C=O) groups is 2. The average Bonchev–Trinajstić information content (AvgIpc) is 3.13. The summed E-state index contributed by atoms with van der Waals surface area (Å²) in [6.45, 7) is 1.86. The minimum Gasteiger partial charge on any atom is -0.449 e. The normalized spacial score (nSPS) is 11.3. The molecule has 1 heterocycles. The Labute approximate surface area is 184 Å². The molecule has 0 fully saturated rings. The number of nitrogens with two attached hydrogens (primary N) is 1. The number of furan rings is 1. The molecule has 0 saturated carbocycles. The first-order valence-electron chi connectivity index (χ1n) is 9.57. The highest BCUT2D eigenvalue weighted by Crippen LogP contribution is 2.31. The lowest BCUT2D eigenvalue weighted by molar-refractivity contribution is 0.0977. The largest absolute Gasteiger partial charge is 0.449 e. The van der Waals surface area contributed by atoms with Gasteiger partial charge in [-0.05, 0) is 49.4 Å². The molecular weight excluding hydrogens is 430 g/mol. The van der Waals surface area contributed by atoms with Crippen molar-refractivity contribution in [2.24, 2.45) is 5.73 Å². The van der Waals surface area contributed by atoms with E-state index in [-0.39, 0.29) is 27.6 Å². The van der Waals surface area contributed by atoms with Gasteiger partial charge in [0.2, 0.25) is 5.76 Å². The third-order valence-corrected chi connectivity index (χ3v) is 6.16. The molecule has 0 aliphatic rings. The van der Waals surface area contributed by atoms with Crippen molar-refractivity contribution in [1.82, 2.24) is 0 Å². The lowest BCUT2D eigenvalue weighted by atomic mass is 10.1. The topological polar surface area (TPSA) is 132 Å². The number of hydrogen-bond donors (Lipinski definition) is 3. The summed E-state index contributed by atoms with van der Waals surface area (Å²) in [5.74, 6) is -1.55. The van der Waals surface area contributed by atoms with Gasteiger partial charge in [-0.25, -0.2) is 8.42 Å². The van der Waals surface area contributed by atoms with Crippen LogP contribution in [0.3, 0.4) is 0 Å². The number of rotatable bonds is 6. The van der Waals surface area contributed by atoms with Crippen molar-refractivity contribution in [2.75, 3.05) is 10.0 Å². The molecule has 1 aromatic heterocycles. The van der Waals surface area contributed by atoms with Crippen molar-refractivity contribution in [3.63, 3.8) is 0 Å². The number of amides is 2. The van der Waals surface area contributed by atoms with Gasteiger partial charge in [0.15, 0.2) is 0 Å². The van der Waals surface area contributed by atoms with E-state index in [1.165, 1.54) is 30.3 Å². The number of benzene rings is 3. The first-order valence-corrected chi connectivity index (χ1v) is 11.1. The molecule has 4 N–H and O–H groups in total. The molecule has 0 bridgehead atoms. The third kappa shape index (κ3) is 4.19. The second-order valence-electron chi connectivity index (χ2n) is 7.12. The van der Waals surface area contributed by atoms with E-state index in [0.29, 0.717) is 11.0 Å². The first kappa shape index (κ1) is 21.1. The van der Waals surface area contributed by atoms with Gasteiger partial charge in [0.25, 0.3) is 21.8 Å². The predicted octanol–water partition coefficient (Wildman–Crippen LogP) is 3.89. The van der Waals surface area contributed by atoms with Crippen LogP contribution in [-0.2, 0) is 10.0 Å². The summed E-state index contributed by atoms with van der Waals surface area (Å²) < 4.78 is 33.2. The quantitative estimate of drug-likeness (QED) is 0.411. The van der Waals surface area contributed by atoms with E-state index in [4.69, 9.17) is 10.2 Å². The Bertz CT molecular complexity index is 1440. The molecule has 9 heteroatoms. The Kier molecular flexibility index (Phi) is 5.41. The number of sulfonamides is 1. The maximum Gasteiger partial charge on any atom is 0.286 e. The summed E-state index contributed by atoms with van der Waals surface area (Å²) in [5.41, 5.74) is 7.27. The lowest BCUT2D eigenvalue weighted by Gasteiger charge is -2.10. The van der Waals surface area contributed by atoms with Crippen molar-refractivity contribution in [2.45, 2.75) is 11.8 Å². The molecule has 0 aliphatic carbocycles. The van der Waals surface area contributed by atoms with Gasteiger partial charge >= 0.3 is 0 Å². The van der Waals surface area contributed by atoms with Gasteiger partial charge in [0.1, 0.15) is 11.3 Å². The van der Waals surface area contributed by atoms with Crippen molar-refractivity contribution >= 4 is 44.2 Å². The highest BCUT2D eigenvalue weighted by Gasteiger charge is 2.21. The molecule has 3 aromatic carbocycles. The molecule has 0 radical (unpaired) electrons. The molecule has 2 amide bonds. The van der Waals surface area contributed by atoms with Gasteiger partial charge in [-0.3, -0.25) is 14.3 Å². The van der Waals surface area contributed by atoms with Crippen molar-refractivity contribution in [1.29, 1.82) is 0 Å². The van der Waals surface area contributed by atoms with E-state index in [2.05, 4.69) is 10.0 Å². The van der Waals surface area contributed by atoms with Crippen molar-refractivity contribution < 1.29 is 22.4 Å². The molecule has 0 atom stereocenters. The maximum absolute atomic E-state index is 12.9. The van der Waals surface area contributed by atoms with Crippen LogP contribution in [0.25, 0.3) is 11.0 Å². The lowest BCUT2D eigenvalue weighted by Crippen LogP contribution is -2.17. The number of primary amides is 1. The molecule has 4 rings (SSSR count). The summed E-state index contributed by atoms with van der Waals surface area (Å²) in [5, 5.41) is 3.17. The first-order chi connectivity index (χ1) is 15.2. The molecule has 0 aliphatic heterocycles. The Balaban J connectivity index is 1.61. The fraction of sp³-hybridized carbons (Fsp3) is 0.0435. The predicted molar refractivity (Wildman–Crippen MR) is 121 cm³/mol. The zero-order chi connectivity index (χ0) is 22.9. The average molecular weight is 449 g/mol. The molecule has 0 spiro atoms. The Morgan fingerprint density at radius 1 is 0.938 bits per heavy atom. The van der Waals surface area contributed by atoms with Crippen LogP contribution in [-0.4, -0.2) is 20.2 Å². The summed E-state index contributed by atoms with van der Waals surface area (Å²) in [7, 11) is -3.83. The third-order valence-electron chi connectivity index (χ3n) is 4.77. The van der Waals surface area contributed by atoms with Crippen LogP contribution >= 0.6 is 0 Å². The molecule has 0 saturated heterocycles. The summed E-state index contributed by atoms with van der Waals surface area (Å²) in [6, 6.07) is 19.2. The highest BCUT2D eigenvalue weighted by atomic mass is 32.2. The molecule has 4 aromatic rings. The van der Waals surface area contributed by atoms with Crippen LogP contribution in [0.1, 0.15) is 26.5 Å². The summed E-state index contributed by atoms with van der Waals surface area (Å²) in [4.78, 5) is 24.8. The van der Waals surface area contributed by atoms with E-state index in [9.17, 15) is 18.0 Å². The van der Waals surface area contributed by atoms with Crippen molar-refractivity contribution in [3.05, 3.63) is 89.7 Å². The van der Waals surface area contributed by atoms with Gasteiger partial charge < -0.3 is 15.5 Å². The van der Waals surface area contributed by atoms with E-state index >= 15 is 0 Å². The highest BCUT2D eigenvalue weighted by molar-refractivity contribution is 7.92. The second kappa shape index (κ2) is 8.20. The fourth-order valence-corrected chi connectivity index (χ4v) is 4.23. The standard InChI is InChI=1S/C23H19N3O5S/c1-14-9-11-17(12-10-14)32(29,30)26-16-6-4-5-15(13-16)23(28)25-20-18-7-2-3-8-19(18)31-21(20)22(24)27/h2-13,26H,1H3,(H2,24,27)(H,25,28). The Morgan fingerprint density at radius 2 is 1.66 bits per heavy atom. The molecule has 162 valence electrons. The van der Waals surface area contributed by atoms with Crippen LogP contribution in [0.5, 0.6) is 0 Å². The summed E-state index contributed by atoms with van der Waals surface area (Å²) in [6.07, 6.45) is 0. The van der Waals surface area contributed by atoms with Crippen LogP contribution in [0.4, 0.5) is 11.4 Å². The molecule has 0 unspecified atom stereocenters. The Hall–Kier alpha value is -4.11. The zero-order valence-corrected chi connectivity index (χ0v) is 17.8. The van der Waals surface area contributed by atoms with E-state index in [0.717, 1.165) is 5.56 Å². The maximum atomic E-state index is 12.9. The van der Waals surface area contributed by atoms with Gasteiger partial charge in [0, 0.05) is 16.6 Å². The number of carbonyl (C=O) groups excluding carboxylic acids is 2. The van der Waals surface area contributed by atoms with E-state index in [1.54, 1.807) is 42.5 Å². The van der Waals surface area contributed by atoms with Gasteiger partial charge in [-0.1, -0.05) is 35.9 Å². The number of nitrogens with one attached hydrogen (secondary N) is 2.